The molecular formula is C24H24N2O2S. The van der Waals surface area contributed by atoms with Crippen molar-refractivity contribution < 1.29 is 9.53 Å². The van der Waals surface area contributed by atoms with Crippen molar-refractivity contribution in [3.8, 4) is 5.75 Å². The number of anilines is 1. The first kappa shape index (κ1) is 19.6. The van der Waals surface area contributed by atoms with Crippen LogP contribution in [-0.4, -0.2) is 30.4 Å². The largest absolute Gasteiger partial charge is 0.497 e. The molecule has 0 fully saturated rings. The predicted molar refractivity (Wildman–Crippen MR) is 118 cm³/mol. The Labute approximate surface area is 176 Å². The second-order valence-corrected chi connectivity index (χ2v) is 8.12. The van der Waals surface area contributed by atoms with Crippen molar-refractivity contribution in [3.63, 3.8) is 0 Å². The minimum Gasteiger partial charge on any atom is -0.497 e. The van der Waals surface area contributed by atoms with E-state index >= 15 is 0 Å². The standard InChI is InChI=1S/C24H24N2O2S/c1-28-21-13-11-20(12-14-21)17-25-18-24(27)26(16-15-19-7-3-2-4-8-19)22-9-5-6-10-23(22)29-25/h2-14H,15-18H2,1H3. The van der Waals surface area contributed by atoms with E-state index < -0.39 is 0 Å². The first-order valence-corrected chi connectivity index (χ1v) is 10.5. The van der Waals surface area contributed by atoms with Crippen LogP contribution in [0.3, 0.4) is 0 Å². The lowest BCUT2D eigenvalue weighted by atomic mass is 10.1. The molecule has 5 heteroatoms. The maximum atomic E-state index is 13.2. The number of ether oxygens (including phenoxy) is 1. The third-order valence-corrected chi connectivity index (χ3v) is 6.04. The van der Waals surface area contributed by atoms with Crippen LogP contribution in [0.2, 0.25) is 0 Å². The van der Waals surface area contributed by atoms with Crippen LogP contribution in [0.25, 0.3) is 0 Å². The molecule has 0 N–H and O–H groups in total. The molecule has 0 aliphatic carbocycles. The van der Waals surface area contributed by atoms with Gasteiger partial charge in [0.15, 0.2) is 0 Å². The molecule has 3 aromatic carbocycles. The van der Waals surface area contributed by atoms with Crippen molar-refractivity contribution in [2.24, 2.45) is 0 Å². The Morgan fingerprint density at radius 2 is 1.62 bits per heavy atom. The molecule has 0 saturated carbocycles. The number of carbonyl (C=O) groups is 1. The highest BCUT2D eigenvalue weighted by atomic mass is 32.2. The Morgan fingerprint density at radius 3 is 2.38 bits per heavy atom. The molecule has 0 bridgehead atoms. The SMILES string of the molecule is COc1ccc(CN2CC(=O)N(CCc3ccccc3)c3ccccc3S2)cc1. The van der Waals surface area contributed by atoms with Gasteiger partial charge in [-0.2, -0.15) is 0 Å². The summed E-state index contributed by atoms with van der Waals surface area (Å²) in [7, 11) is 1.67. The zero-order chi connectivity index (χ0) is 20.1. The van der Waals surface area contributed by atoms with E-state index in [9.17, 15) is 4.79 Å². The number of carbonyl (C=O) groups excluding carboxylic acids is 1. The number of hydrogen-bond donors (Lipinski definition) is 0. The third-order valence-electron chi connectivity index (χ3n) is 4.98. The van der Waals surface area contributed by atoms with Crippen molar-refractivity contribution in [3.05, 3.63) is 90.0 Å². The zero-order valence-electron chi connectivity index (χ0n) is 16.5. The molecule has 0 aromatic heterocycles. The molecule has 29 heavy (non-hydrogen) atoms. The summed E-state index contributed by atoms with van der Waals surface area (Å²) in [5.41, 5.74) is 3.39. The van der Waals surface area contributed by atoms with Crippen LogP contribution in [-0.2, 0) is 17.8 Å². The Hall–Kier alpha value is -2.76. The summed E-state index contributed by atoms with van der Waals surface area (Å²) in [6, 6.07) is 26.5. The first-order chi connectivity index (χ1) is 14.2. The van der Waals surface area contributed by atoms with Crippen LogP contribution < -0.4 is 9.64 Å². The summed E-state index contributed by atoms with van der Waals surface area (Å²) in [4.78, 5) is 16.2. The Balaban J connectivity index is 1.52. The molecule has 3 aromatic rings. The summed E-state index contributed by atoms with van der Waals surface area (Å²) >= 11 is 1.65. The van der Waals surface area contributed by atoms with Gasteiger partial charge in [0.1, 0.15) is 5.75 Å². The molecule has 1 aliphatic heterocycles. The number of methoxy groups -OCH3 is 1. The van der Waals surface area contributed by atoms with E-state index in [0.29, 0.717) is 19.6 Å². The highest BCUT2D eigenvalue weighted by Crippen LogP contribution is 2.36. The number of rotatable bonds is 6. The van der Waals surface area contributed by atoms with E-state index in [1.54, 1.807) is 19.1 Å². The molecule has 0 unspecified atom stereocenters. The zero-order valence-corrected chi connectivity index (χ0v) is 17.3. The summed E-state index contributed by atoms with van der Waals surface area (Å²) in [6.07, 6.45) is 0.837. The van der Waals surface area contributed by atoms with Gasteiger partial charge in [0.2, 0.25) is 5.91 Å². The van der Waals surface area contributed by atoms with E-state index in [1.165, 1.54) is 5.56 Å². The fourth-order valence-corrected chi connectivity index (χ4v) is 4.53. The first-order valence-electron chi connectivity index (χ1n) is 9.72. The summed E-state index contributed by atoms with van der Waals surface area (Å²) < 4.78 is 7.37. The lowest BCUT2D eigenvalue weighted by Crippen LogP contribution is -2.37. The minimum atomic E-state index is 0.131. The maximum Gasteiger partial charge on any atom is 0.242 e. The van der Waals surface area contributed by atoms with Crippen molar-refractivity contribution in [2.45, 2.75) is 17.9 Å². The van der Waals surface area contributed by atoms with Gasteiger partial charge in [-0.25, -0.2) is 4.31 Å². The second kappa shape index (κ2) is 9.16. The minimum absolute atomic E-state index is 0.131. The summed E-state index contributed by atoms with van der Waals surface area (Å²) in [6.45, 7) is 1.75. The monoisotopic (exact) mass is 404 g/mol. The topological polar surface area (TPSA) is 32.8 Å². The van der Waals surface area contributed by atoms with Gasteiger partial charge in [-0.15, -0.1) is 0 Å². The van der Waals surface area contributed by atoms with Gasteiger partial charge in [0.25, 0.3) is 0 Å². The molecular weight excluding hydrogens is 380 g/mol. The quantitative estimate of drug-likeness (QED) is 0.553. The fraction of sp³-hybridized carbons (Fsp3) is 0.208. The number of amides is 1. The smallest absolute Gasteiger partial charge is 0.242 e. The number of fused-ring (bicyclic) bond motifs is 1. The normalized spacial score (nSPS) is 14.4. The molecule has 4 nitrogen and oxygen atoms in total. The van der Waals surface area contributed by atoms with E-state index in [-0.39, 0.29) is 5.91 Å². The van der Waals surface area contributed by atoms with Crippen LogP contribution in [0, 0.1) is 0 Å². The number of nitrogens with zero attached hydrogens (tertiary/aromatic N) is 2. The van der Waals surface area contributed by atoms with Crippen molar-refractivity contribution in [2.75, 3.05) is 25.1 Å². The molecule has 0 spiro atoms. The van der Waals surface area contributed by atoms with Crippen molar-refractivity contribution in [1.29, 1.82) is 0 Å². The van der Waals surface area contributed by atoms with Gasteiger partial charge in [0.05, 0.1) is 19.3 Å². The summed E-state index contributed by atoms with van der Waals surface area (Å²) in [5.74, 6) is 0.970. The van der Waals surface area contributed by atoms with Crippen LogP contribution in [0.5, 0.6) is 5.75 Å². The Morgan fingerprint density at radius 1 is 0.897 bits per heavy atom. The fourth-order valence-electron chi connectivity index (χ4n) is 3.45. The maximum absolute atomic E-state index is 13.2. The Bertz CT molecular complexity index is 960. The van der Waals surface area contributed by atoms with E-state index in [4.69, 9.17) is 4.74 Å². The molecule has 0 radical (unpaired) electrons. The third kappa shape index (κ3) is 4.81. The second-order valence-electron chi connectivity index (χ2n) is 6.99. The Kier molecular flexibility index (Phi) is 6.17. The van der Waals surface area contributed by atoms with Crippen LogP contribution in [0.4, 0.5) is 5.69 Å². The van der Waals surface area contributed by atoms with Gasteiger partial charge >= 0.3 is 0 Å². The highest BCUT2D eigenvalue weighted by Gasteiger charge is 2.26. The lowest BCUT2D eigenvalue weighted by molar-refractivity contribution is -0.118. The van der Waals surface area contributed by atoms with Crippen LogP contribution >= 0.6 is 11.9 Å². The molecule has 148 valence electrons. The number of benzene rings is 3. The average molecular weight is 405 g/mol. The van der Waals surface area contributed by atoms with Crippen LogP contribution in [0.1, 0.15) is 11.1 Å². The van der Waals surface area contributed by atoms with Gasteiger partial charge < -0.3 is 9.64 Å². The lowest BCUT2D eigenvalue weighted by Gasteiger charge is -2.22. The molecule has 4 rings (SSSR count). The van der Waals surface area contributed by atoms with Crippen molar-refractivity contribution >= 4 is 23.5 Å². The van der Waals surface area contributed by atoms with E-state index in [2.05, 4.69) is 22.5 Å². The van der Waals surface area contributed by atoms with E-state index in [1.807, 2.05) is 65.6 Å². The predicted octanol–water partition coefficient (Wildman–Crippen LogP) is 4.79. The van der Waals surface area contributed by atoms with Gasteiger partial charge in [-0.3, -0.25) is 4.79 Å². The molecule has 0 saturated heterocycles. The molecule has 0 atom stereocenters. The summed E-state index contributed by atoms with van der Waals surface area (Å²) in [5, 5.41) is 0. The molecule has 1 aliphatic rings. The number of hydrogen-bond acceptors (Lipinski definition) is 4. The van der Waals surface area contributed by atoms with Crippen molar-refractivity contribution in [1.82, 2.24) is 4.31 Å². The highest BCUT2D eigenvalue weighted by molar-refractivity contribution is 7.97. The average Bonchev–Trinajstić information content (AvgIpc) is 2.89. The molecule has 1 amide bonds. The van der Waals surface area contributed by atoms with Gasteiger partial charge in [-0.1, -0.05) is 54.6 Å². The number of para-hydroxylation sites is 1. The van der Waals surface area contributed by atoms with E-state index in [0.717, 1.165) is 28.3 Å². The van der Waals surface area contributed by atoms with Gasteiger partial charge in [-0.05, 0) is 53.8 Å². The van der Waals surface area contributed by atoms with Gasteiger partial charge in [0, 0.05) is 18.0 Å². The molecule has 1 heterocycles. The van der Waals surface area contributed by atoms with Crippen LogP contribution in [0.15, 0.2) is 83.8 Å².